The number of sulfonamides is 1. The Kier molecular flexibility index (Phi) is 7.86. The van der Waals surface area contributed by atoms with Gasteiger partial charge >= 0.3 is 5.97 Å². The van der Waals surface area contributed by atoms with Gasteiger partial charge in [-0.1, -0.05) is 43.6 Å². The first-order valence-electron chi connectivity index (χ1n) is 9.02. The van der Waals surface area contributed by atoms with E-state index in [0.717, 1.165) is 0 Å². The van der Waals surface area contributed by atoms with Crippen molar-refractivity contribution in [3.05, 3.63) is 58.6 Å². The highest BCUT2D eigenvalue weighted by atomic mass is 35.5. The molecule has 0 saturated heterocycles. The normalized spacial score (nSPS) is 11.5. The Morgan fingerprint density at radius 3 is 2.39 bits per heavy atom. The maximum absolute atomic E-state index is 12.7. The van der Waals surface area contributed by atoms with Crippen molar-refractivity contribution in [1.82, 2.24) is 4.31 Å². The second-order valence-corrected chi connectivity index (χ2v) is 8.19. The molecule has 2 rings (SSSR count). The van der Waals surface area contributed by atoms with Crippen LogP contribution in [0.15, 0.2) is 47.4 Å². The zero-order valence-corrected chi connectivity index (χ0v) is 17.7. The van der Waals surface area contributed by atoms with Crippen molar-refractivity contribution >= 4 is 27.6 Å². The van der Waals surface area contributed by atoms with Crippen LogP contribution in [0.25, 0.3) is 0 Å². The van der Waals surface area contributed by atoms with Gasteiger partial charge in [-0.15, -0.1) is 0 Å². The van der Waals surface area contributed by atoms with E-state index in [4.69, 9.17) is 21.1 Å². The molecule has 0 bridgehead atoms. The first kappa shape index (κ1) is 22.2. The lowest BCUT2D eigenvalue weighted by Gasteiger charge is -2.19. The Hall–Kier alpha value is -2.09. The molecule has 0 atom stereocenters. The number of hydrogen-bond acceptors (Lipinski definition) is 5. The van der Waals surface area contributed by atoms with Gasteiger partial charge in [-0.2, -0.15) is 4.31 Å². The molecule has 2 aromatic rings. The summed E-state index contributed by atoms with van der Waals surface area (Å²) in [6.07, 6.45) is 0. The monoisotopic (exact) mass is 425 g/mol. The number of rotatable bonds is 9. The number of para-hydroxylation sites is 1. The third-order valence-corrected chi connectivity index (χ3v) is 6.51. The fourth-order valence-corrected chi connectivity index (χ4v) is 4.35. The summed E-state index contributed by atoms with van der Waals surface area (Å²) in [6, 6.07) is 11.3. The third-order valence-electron chi connectivity index (χ3n) is 4.13. The van der Waals surface area contributed by atoms with Crippen molar-refractivity contribution in [3.63, 3.8) is 0 Å². The van der Waals surface area contributed by atoms with E-state index >= 15 is 0 Å². The van der Waals surface area contributed by atoms with Crippen LogP contribution in [0, 0.1) is 0 Å². The lowest BCUT2D eigenvalue weighted by atomic mass is 10.2. The van der Waals surface area contributed by atoms with E-state index in [0.29, 0.717) is 31.0 Å². The van der Waals surface area contributed by atoms with Gasteiger partial charge in [-0.05, 0) is 31.2 Å². The van der Waals surface area contributed by atoms with Gasteiger partial charge in [-0.25, -0.2) is 13.2 Å². The van der Waals surface area contributed by atoms with Gasteiger partial charge in [0.05, 0.1) is 22.1 Å². The maximum atomic E-state index is 12.7. The number of carbonyl (C=O) groups is 1. The number of halogens is 1. The molecule has 0 heterocycles. The standard InChI is InChI=1S/C20H24ClNO5S/c1-4-22(5-2)28(24,25)16-11-12-18(21)17(13-16)20(23)27-14-15-9-7-8-10-19(15)26-6-3/h7-13H,4-6,14H2,1-3H3. The summed E-state index contributed by atoms with van der Waals surface area (Å²) >= 11 is 6.12. The van der Waals surface area contributed by atoms with Gasteiger partial charge in [0.2, 0.25) is 10.0 Å². The van der Waals surface area contributed by atoms with Gasteiger partial charge in [0.15, 0.2) is 0 Å². The Labute approximate surface area is 171 Å². The first-order valence-corrected chi connectivity index (χ1v) is 10.8. The molecule has 0 aliphatic rings. The van der Waals surface area contributed by atoms with Crippen molar-refractivity contribution in [1.29, 1.82) is 0 Å². The van der Waals surface area contributed by atoms with Gasteiger partial charge in [-0.3, -0.25) is 0 Å². The average molecular weight is 426 g/mol. The van der Waals surface area contributed by atoms with Crippen LogP contribution in [0.5, 0.6) is 5.75 Å². The fraction of sp³-hybridized carbons (Fsp3) is 0.350. The van der Waals surface area contributed by atoms with Crippen LogP contribution < -0.4 is 4.74 Å². The number of ether oxygens (including phenoxy) is 2. The molecule has 0 N–H and O–H groups in total. The minimum absolute atomic E-state index is 0.00210. The SMILES string of the molecule is CCOc1ccccc1COC(=O)c1cc(S(=O)(=O)N(CC)CC)ccc1Cl. The molecular formula is C20H24ClNO5S. The number of nitrogens with zero attached hydrogens (tertiary/aromatic N) is 1. The van der Waals surface area contributed by atoms with Crippen molar-refractivity contribution in [3.8, 4) is 5.75 Å². The molecule has 0 unspecified atom stereocenters. The Morgan fingerprint density at radius 1 is 1.07 bits per heavy atom. The van der Waals surface area contributed by atoms with E-state index in [2.05, 4.69) is 0 Å². The van der Waals surface area contributed by atoms with Crippen LogP contribution >= 0.6 is 11.6 Å². The summed E-state index contributed by atoms with van der Waals surface area (Å²) in [6.45, 7) is 6.50. The molecule has 0 radical (unpaired) electrons. The average Bonchev–Trinajstić information content (AvgIpc) is 2.68. The Morgan fingerprint density at radius 2 is 1.75 bits per heavy atom. The topological polar surface area (TPSA) is 72.9 Å². The zero-order chi connectivity index (χ0) is 20.7. The molecule has 0 aromatic heterocycles. The Balaban J connectivity index is 2.25. The van der Waals surface area contributed by atoms with E-state index in [-0.39, 0.29) is 22.1 Å². The molecule has 0 spiro atoms. The third kappa shape index (κ3) is 5.04. The van der Waals surface area contributed by atoms with Crippen LogP contribution in [0.1, 0.15) is 36.7 Å². The zero-order valence-electron chi connectivity index (χ0n) is 16.1. The summed E-state index contributed by atoms with van der Waals surface area (Å²) in [4.78, 5) is 12.5. The molecule has 0 aliphatic heterocycles. The second-order valence-electron chi connectivity index (χ2n) is 5.85. The summed E-state index contributed by atoms with van der Waals surface area (Å²) in [5.74, 6) is -0.0744. The number of carbonyl (C=O) groups excluding carboxylic acids is 1. The highest BCUT2D eigenvalue weighted by Gasteiger charge is 2.24. The number of benzene rings is 2. The molecule has 28 heavy (non-hydrogen) atoms. The van der Waals surface area contributed by atoms with Crippen molar-refractivity contribution in [2.75, 3.05) is 19.7 Å². The molecule has 2 aromatic carbocycles. The molecule has 6 nitrogen and oxygen atoms in total. The van der Waals surface area contributed by atoms with Gasteiger partial charge in [0.25, 0.3) is 0 Å². The molecule has 0 saturated carbocycles. The summed E-state index contributed by atoms with van der Waals surface area (Å²) in [7, 11) is -3.71. The minimum Gasteiger partial charge on any atom is -0.493 e. The summed E-state index contributed by atoms with van der Waals surface area (Å²) in [5, 5.41) is 0.126. The lowest BCUT2D eigenvalue weighted by molar-refractivity contribution is 0.0469. The van der Waals surface area contributed by atoms with Crippen LogP contribution in [-0.4, -0.2) is 38.4 Å². The van der Waals surface area contributed by atoms with E-state index in [1.54, 1.807) is 26.0 Å². The van der Waals surface area contributed by atoms with Crippen LogP contribution in [-0.2, 0) is 21.4 Å². The lowest BCUT2D eigenvalue weighted by Crippen LogP contribution is -2.30. The Bertz CT molecular complexity index is 926. The van der Waals surface area contributed by atoms with E-state index in [1.807, 2.05) is 19.1 Å². The molecule has 0 amide bonds. The molecule has 152 valence electrons. The molecule has 0 aliphatic carbocycles. The largest absolute Gasteiger partial charge is 0.493 e. The minimum atomic E-state index is -3.71. The quantitative estimate of drug-likeness (QED) is 0.565. The van der Waals surface area contributed by atoms with Gasteiger partial charge in [0.1, 0.15) is 12.4 Å². The first-order chi connectivity index (χ1) is 13.3. The molecule has 0 fully saturated rings. The van der Waals surface area contributed by atoms with Crippen LogP contribution in [0.2, 0.25) is 5.02 Å². The molecular weight excluding hydrogens is 402 g/mol. The van der Waals surface area contributed by atoms with Crippen LogP contribution in [0.3, 0.4) is 0 Å². The fourth-order valence-electron chi connectivity index (χ4n) is 2.67. The number of hydrogen-bond donors (Lipinski definition) is 0. The predicted molar refractivity (Wildman–Crippen MR) is 108 cm³/mol. The second kappa shape index (κ2) is 9.91. The molecule has 8 heteroatoms. The van der Waals surface area contributed by atoms with Crippen LogP contribution in [0.4, 0.5) is 0 Å². The highest BCUT2D eigenvalue weighted by Crippen LogP contribution is 2.25. The maximum Gasteiger partial charge on any atom is 0.340 e. The van der Waals surface area contributed by atoms with Gasteiger partial charge in [0, 0.05) is 18.7 Å². The van der Waals surface area contributed by atoms with Crippen molar-refractivity contribution in [2.45, 2.75) is 32.3 Å². The summed E-state index contributed by atoms with van der Waals surface area (Å²) < 4.78 is 37.6. The van der Waals surface area contributed by atoms with E-state index < -0.39 is 16.0 Å². The predicted octanol–water partition coefficient (Wildman–Crippen LogP) is 4.13. The van der Waals surface area contributed by atoms with Crippen molar-refractivity contribution < 1.29 is 22.7 Å². The number of esters is 1. The van der Waals surface area contributed by atoms with Gasteiger partial charge < -0.3 is 9.47 Å². The van der Waals surface area contributed by atoms with Crippen molar-refractivity contribution in [2.24, 2.45) is 0 Å². The smallest absolute Gasteiger partial charge is 0.340 e. The highest BCUT2D eigenvalue weighted by molar-refractivity contribution is 7.89. The summed E-state index contributed by atoms with van der Waals surface area (Å²) in [5.41, 5.74) is 0.713. The van der Waals surface area contributed by atoms with E-state index in [9.17, 15) is 13.2 Å². The van der Waals surface area contributed by atoms with E-state index in [1.165, 1.54) is 22.5 Å².